The average molecular weight is 667 g/mol. The van der Waals surface area contributed by atoms with E-state index in [-0.39, 0.29) is 0 Å². The van der Waals surface area contributed by atoms with Crippen molar-refractivity contribution in [1.29, 1.82) is 0 Å². The predicted octanol–water partition coefficient (Wildman–Crippen LogP) is 13.5. The normalized spacial score (nSPS) is 11.5. The van der Waals surface area contributed by atoms with Crippen molar-refractivity contribution in [2.75, 3.05) is 0 Å². The second kappa shape index (κ2) is 12.2. The van der Waals surface area contributed by atoms with Gasteiger partial charge in [0.1, 0.15) is 0 Å². The first kappa shape index (κ1) is 29.5. The van der Waals surface area contributed by atoms with Gasteiger partial charge in [0.15, 0.2) is 5.82 Å². The lowest BCUT2D eigenvalue weighted by atomic mass is 9.96. The molecule has 2 aromatic heterocycles. The summed E-state index contributed by atoms with van der Waals surface area (Å²) in [4.78, 5) is 10.8. The van der Waals surface area contributed by atoms with E-state index < -0.39 is 0 Å². The lowest BCUT2D eigenvalue weighted by Crippen LogP contribution is -1.95. The van der Waals surface area contributed by atoms with Crippen LogP contribution in [0.5, 0.6) is 0 Å². The number of nitrogens with zero attached hydrogens (tertiary/aromatic N) is 2. The highest BCUT2D eigenvalue weighted by Crippen LogP contribution is 2.44. The number of hydrogen-bond acceptors (Lipinski definition) is 3. The first-order chi connectivity index (χ1) is 25.3. The highest BCUT2D eigenvalue weighted by atomic mass is 32.1. The average Bonchev–Trinajstić information content (AvgIpc) is 3.60. The molecule has 0 spiro atoms. The second-order valence-electron chi connectivity index (χ2n) is 13.0. The smallest absolute Gasteiger partial charge is 0.160 e. The zero-order valence-corrected chi connectivity index (χ0v) is 28.4. The summed E-state index contributed by atoms with van der Waals surface area (Å²) in [5, 5.41) is 6.02. The third kappa shape index (κ3) is 5.18. The van der Waals surface area contributed by atoms with E-state index in [0.29, 0.717) is 0 Å². The summed E-state index contributed by atoms with van der Waals surface area (Å²) in [6.45, 7) is 0. The molecule has 0 unspecified atom stereocenters. The third-order valence-corrected chi connectivity index (χ3v) is 11.0. The van der Waals surface area contributed by atoms with Crippen LogP contribution < -0.4 is 0 Å². The van der Waals surface area contributed by atoms with Gasteiger partial charge in [0.05, 0.1) is 15.9 Å². The van der Waals surface area contributed by atoms with Gasteiger partial charge in [-0.2, -0.15) is 0 Å². The molecule has 2 heterocycles. The fourth-order valence-electron chi connectivity index (χ4n) is 7.35. The maximum absolute atomic E-state index is 5.40. The molecule has 0 radical (unpaired) electrons. The molecule has 0 saturated heterocycles. The topological polar surface area (TPSA) is 25.8 Å². The first-order valence-electron chi connectivity index (χ1n) is 17.2. The van der Waals surface area contributed by atoms with Gasteiger partial charge in [0.25, 0.3) is 0 Å². The Morgan fingerprint density at radius 1 is 0.373 bits per heavy atom. The number of aromatic nitrogens is 2. The van der Waals surface area contributed by atoms with E-state index in [1.54, 1.807) is 11.3 Å². The number of benzene rings is 8. The Morgan fingerprint density at radius 3 is 1.67 bits per heavy atom. The van der Waals surface area contributed by atoms with Crippen LogP contribution in [0.25, 0.3) is 97.9 Å². The van der Waals surface area contributed by atoms with Crippen LogP contribution in [-0.4, -0.2) is 9.97 Å². The first-order valence-corrected chi connectivity index (χ1v) is 18.1. The maximum Gasteiger partial charge on any atom is 0.160 e. The Labute approximate surface area is 300 Å². The van der Waals surface area contributed by atoms with Gasteiger partial charge in [-0.15, -0.1) is 11.3 Å². The summed E-state index contributed by atoms with van der Waals surface area (Å²) in [6.07, 6.45) is 0. The van der Waals surface area contributed by atoms with Crippen LogP contribution in [0.3, 0.4) is 0 Å². The van der Waals surface area contributed by atoms with Crippen molar-refractivity contribution in [3.8, 4) is 56.0 Å². The number of hydrogen-bond donors (Lipinski definition) is 0. The molecule has 0 atom stereocenters. The lowest BCUT2D eigenvalue weighted by molar-refractivity contribution is 1.24. The number of thiophene rings is 1. The highest BCUT2D eigenvalue weighted by Gasteiger charge is 2.19. The molecule has 10 aromatic rings. The fourth-order valence-corrected chi connectivity index (χ4v) is 8.51. The molecule has 238 valence electrons. The molecule has 8 aromatic carbocycles. The molecule has 10 rings (SSSR count). The molecule has 0 aliphatic rings. The fraction of sp³-hybridized carbons (Fsp3) is 0. The summed E-state index contributed by atoms with van der Waals surface area (Å²) in [6, 6.07) is 65.0. The van der Waals surface area contributed by atoms with Crippen molar-refractivity contribution in [2.45, 2.75) is 0 Å². The van der Waals surface area contributed by atoms with Gasteiger partial charge in [-0.25, -0.2) is 9.97 Å². The van der Waals surface area contributed by atoms with Crippen molar-refractivity contribution in [1.82, 2.24) is 9.97 Å². The van der Waals surface area contributed by atoms with Gasteiger partial charge in [-0.05, 0) is 73.1 Å². The molecule has 0 aliphatic carbocycles. The van der Waals surface area contributed by atoms with E-state index in [4.69, 9.17) is 9.97 Å². The van der Waals surface area contributed by atoms with Gasteiger partial charge >= 0.3 is 0 Å². The van der Waals surface area contributed by atoms with Crippen molar-refractivity contribution in [3.05, 3.63) is 182 Å². The third-order valence-electron chi connectivity index (χ3n) is 9.89. The SMILES string of the molecule is c1ccc(-c2ccc(-c3cccc(-c4cccc(-c5nc(-c6cccc7ccccc67)c6sc7ccc8ccccc8c7c6n5)c4)c3)cc2)cc1. The zero-order valence-electron chi connectivity index (χ0n) is 27.6. The minimum atomic E-state index is 0.729. The quantitative estimate of drug-likeness (QED) is 0.183. The molecule has 0 fully saturated rings. The molecule has 2 nitrogen and oxygen atoms in total. The van der Waals surface area contributed by atoms with E-state index in [1.165, 1.54) is 53.9 Å². The molecule has 51 heavy (non-hydrogen) atoms. The standard InChI is InChI=1S/C48H30N2S/c1-2-11-31(12-3-1)32-23-25-33(26-24-32)36-16-8-17-37(29-36)38-18-9-19-39(30-38)48-49-45(42-22-10-15-34-13-4-6-20-40(34)42)47-46(50-48)44-41-21-7-5-14-35(41)27-28-43(44)51-47/h1-30H. The van der Waals surface area contributed by atoms with Gasteiger partial charge in [-0.3, -0.25) is 0 Å². The largest absolute Gasteiger partial charge is 0.226 e. The monoisotopic (exact) mass is 666 g/mol. The molecule has 0 amide bonds. The molecular weight excluding hydrogens is 637 g/mol. The number of fused-ring (bicyclic) bond motifs is 6. The van der Waals surface area contributed by atoms with Crippen molar-refractivity contribution >= 4 is 53.2 Å². The minimum Gasteiger partial charge on any atom is -0.226 e. The van der Waals surface area contributed by atoms with Crippen LogP contribution >= 0.6 is 11.3 Å². The van der Waals surface area contributed by atoms with E-state index in [2.05, 4.69) is 182 Å². The Bertz CT molecular complexity index is 2900. The maximum atomic E-state index is 5.40. The number of rotatable bonds is 5. The van der Waals surface area contributed by atoms with Crippen LogP contribution in [-0.2, 0) is 0 Å². The Morgan fingerprint density at radius 2 is 0.902 bits per heavy atom. The van der Waals surface area contributed by atoms with Gasteiger partial charge in [0.2, 0.25) is 0 Å². The van der Waals surface area contributed by atoms with Gasteiger partial charge < -0.3 is 0 Å². The molecule has 0 aliphatic heterocycles. The summed E-state index contributed by atoms with van der Waals surface area (Å²) in [7, 11) is 0. The summed E-state index contributed by atoms with van der Waals surface area (Å²) >= 11 is 1.78. The van der Waals surface area contributed by atoms with Crippen molar-refractivity contribution < 1.29 is 0 Å². The molecule has 3 heteroatoms. The summed E-state index contributed by atoms with van der Waals surface area (Å²) in [5.41, 5.74) is 11.2. The zero-order chi connectivity index (χ0) is 33.7. The molecule has 0 N–H and O–H groups in total. The van der Waals surface area contributed by atoms with Crippen LogP contribution in [0.2, 0.25) is 0 Å². The van der Waals surface area contributed by atoms with E-state index in [1.807, 2.05) is 0 Å². The van der Waals surface area contributed by atoms with Gasteiger partial charge in [-0.1, -0.05) is 164 Å². The van der Waals surface area contributed by atoms with Crippen molar-refractivity contribution in [3.63, 3.8) is 0 Å². The van der Waals surface area contributed by atoms with Crippen LogP contribution in [0.15, 0.2) is 182 Å². The molecule has 0 bridgehead atoms. The van der Waals surface area contributed by atoms with Crippen LogP contribution in [0.4, 0.5) is 0 Å². The summed E-state index contributed by atoms with van der Waals surface area (Å²) < 4.78 is 2.34. The van der Waals surface area contributed by atoms with E-state index in [0.717, 1.165) is 44.0 Å². The van der Waals surface area contributed by atoms with E-state index in [9.17, 15) is 0 Å². The second-order valence-corrected chi connectivity index (χ2v) is 14.0. The van der Waals surface area contributed by atoms with Crippen LogP contribution in [0.1, 0.15) is 0 Å². The lowest BCUT2D eigenvalue weighted by Gasteiger charge is -2.11. The predicted molar refractivity (Wildman–Crippen MR) is 217 cm³/mol. The highest BCUT2D eigenvalue weighted by molar-refractivity contribution is 7.26. The Balaban J connectivity index is 1.12. The summed E-state index contributed by atoms with van der Waals surface area (Å²) in [5.74, 6) is 0.729. The van der Waals surface area contributed by atoms with Crippen molar-refractivity contribution in [2.24, 2.45) is 0 Å². The molecular formula is C48H30N2S. The van der Waals surface area contributed by atoms with E-state index >= 15 is 0 Å². The molecule has 0 saturated carbocycles. The van der Waals surface area contributed by atoms with Gasteiger partial charge in [0, 0.05) is 21.2 Å². The Kier molecular flexibility index (Phi) is 7.04. The Hall–Kier alpha value is -6.42. The van der Waals surface area contributed by atoms with Crippen LogP contribution in [0, 0.1) is 0 Å². The minimum absolute atomic E-state index is 0.729.